The van der Waals surface area contributed by atoms with Gasteiger partial charge in [-0.1, -0.05) is 0 Å². The van der Waals surface area contributed by atoms with Gasteiger partial charge in [-0.05, 0) is 39.0 Å². The lowest BCUT2D eigenvalue weighted by molar-refractivity contribution is -0.133. The van der Waals surface area contributed by atoms with Crippen molar-refractivity contribution in [2.75, 3.05) is 21.3 Å². The topological polar surface area (TPSA) is 94.2 Å². The minimum absolute atomic E-state index is 0.176. The van der Waals surface area contributed by atoms with E-state index in [9.17, 15) is 14.4 Å². The molecule has 0 bridgehead atoms. The van der Waals surface area contributed by atoms with E-state index in [1.165, 1.54) is 27.4 Å². The summed E-state index contributed by atoms with van der Waals surface area (Å²) in [5, 5.41) is 2.19. The molecule has 0 aromatic heterocycles. The predicted octanol–water partition coefficient (Wildman–Crippen LogP) is 1.97. The highest BCUT2D eigenvalue weighted by molar-refractivity contribution is 6.31. The molecule has 1 aromatic carbocycles. The molecule has 0 atom stereocenters. The third-order valence-electron chi connectivity index (χ3n) is 3.81. The van der Waals surface area contributed by atoms with Crippen molar-refractivity contribution in [3.63, 3.8) is 0 Å². The summed E-state index contributed by atoms with van der Waals surface area (Å²) in [5.74, 6) is -0.367. The van der Waals surface area contributed by atoms with Gasteiger partial charge in [0.05, 0.1) is 21.3 Å². The monoisotopic (exact) mass is 362 g/mol. The van der Waals surface area contributed by atoms with Crippen LogP contribution in [0.2, 0.25) is 0 Å². The van der Waals surface area contributed by atoms with Gasteiger partial charge in [0.25, 0.3) is 11.8 Å². The highest BCUT2D eigenvalue weighted by Crippen LogP contribution is 2.40. The first-order chi connectivity index (χ1) is 12.1. The number of carbonyl (C=O) groups excluding carboxylic acids is 3. The predicted molar refractivity (Wildman–Crippen MR) is 94.2 cm³/mol. The molecule has 0 radical (unpaired) electrons. The molecule has 1 N–H and O–H groups in total. The van der Waals surface area contributed by atoms with Crippen molar-refractivity contribution in [2.45, 2.75) is 26.3 Å². The molecule has 1 heterocycles. The Kier molecular flexibility index (Phi) is 5.25. The van der Waals surface area contributed by atoms with Gasteiger partial charge in [-0.15, -0.1) is 0 Å². The van der Waals surface area contributed by atoms with E-state index >= 15 is 0 Å². The van der Waals surface area contributed by atoms with Crippen LogP contribution in [0.1, 0.15) is 26.3 Å². The largest absolute Gasteiger partial charge is 0.493 e. The lowest BCUT2D eigenvalue weighted by atomic mass is 10.0. The molecule has 1 aliphatic rings. The van der Waals surface area contributed by atoms with Crippen LogP contribution in [0.5, 0.6) is 17.2 Å². The van der Waals surface area contributed by atoms with Crippen molar-refractivity contribution >= 4 is 23.9 Å². The fourth-order valence-corrected chi connectivity index (χ4v) is 2.66. The van der Waals surface area contributed by atoms with E-state index in [2.05, 4.69) is 5.32 Å². The summed E-state index contributed by atoms with van der Waals surface area (Å²) in [5.41, 5.74) is -0.528. The van der Waals surface area contributed by atoms with Gasteiger partial charge in [0, 0.05) is 11.1 Å². The molecule has 1 saturated heterocycles. The molecule has 2 rings (SSSR count). The number of benzene rings is 1. The normalized spacial score (nSPS) is 16.6. The van der Waals surface area contributed by atoms with E-state index in [0.717, 1.165) is 4.90 Å². The molecule has 0 spiro atoms. The minimum Gasteiger partial charge on any atom is -0.493 e. The first-order valence-electron chi connectivity index (χ1n) is 7.86. The van der Waals surface area contributed by atoms with Crippen LogP contribution in [0.25, 0.3) is 6.08 Å². The number of hydrogen-bond acceptors (Lipinski definition) is 6. The van der Waals surface area contributed by atoms with Crippen LogP contribution in [0.15, 0.2) is 17.7 Å². The average Bonchev–Trinajstić information content (AvgIpc) is 2.55. The van der Waals surface area contributed by atoms with Crippen molar-refractivity contribution < 1.29 is 28.6 Å². The zero-order chi connectivity index (χ0) is 19.6. The van der Waals surface area contributed by atoms with Crippen molar-refractivity contribution in [3.05, 3.63) is 23.3 Å². The number of barbiturate groups is 1. The Morgan fingerprint density at radius 1 is 0.962 bits per heavy atom. The number of rotatable bonds is 4. The van der Waals surface area contributed by atoms with Crippen molar-refractivity contribution in [2.24, 2.45) is 0 Å². The van der Waals surface area contributed by atoms with E-state index in [1.54, 1.807) is 32.9 Å². The third-order valence-corrected chi connectivity index (χ3v) is 3.81. The highest BCUT2D eigenvalue weighted by Gasteiger charge is 2.41. The summed E-state index contributed by atoms with van der Waals surface area (Å²) >= 11 is 0. The summed E-state index contributed by atoms with van der Waals surface area (Å²) in [6, 6.07) is 2.51. The first kappa shape index (κ1) is 19.3. The molecule has 0 saturated carbocycles. The van der Waals surface area contributed by atoms with Crippen LogP contribution in [-0.2, 0) is 9.59 Å². The summed E-state index contributed by atoms with van der Waals surface area (Å²) in [7, 11) is 4.38. The van der Waals surface area contributed by atoms with Gasteiger partial charge in [-0.3, -0.25) is 19.8 Å². The second-order valence-electron chi connectivity index (χ2n) is 6.55. The zero-order valence-electron chi connectivity index (χ0n) is 15.6. The van der Waals surface area contributed by atoms with E-state index in [-0.39, 0.29) is 5.57 Å². The molecule has 140 valence electrons. The van der Waals surface area contributed by atoms with E-state index in [0.29, 0.717) is 22.8 Å². The number of nitrogens with zero attached hydrogens (tertiary/aromatic N) is 1. The smallest absolute Gasteiger partial charge is 0.331 e. The molecule has 8 heteroatoms. The Morgan fingerprint density at radius 2 is 1.58 bits per heavy atom. The maximum Gasteiger partial charge on any atom is 0.331 e. The van der Waals surface area contributed by atoms with Crippen molar-refractivity contribution in [1.82, 2.24) is 10.2 Å². The quantitative estimate of drug-likeness (QED) is 0.650. The molecule has 26 heavy (non-hydrogen) atoms. The second-order valence-corrected chi connectivity index (χ2v) is 6.55. The van der Waals surface area contributed by atoms with Crippen molar-refractivity contribution in [3.8, 4) is 17.2 Å². The van der Waals surface area contributed by atoms with Gasteiger partial charge in [0.2, 0.25) is 5.75 Å². The van der Waals surface area contributed by atoms with E-state index < -0.39 is 23.4 Å². The zero-order valence-corrected chi connectivity index (χ0v) is 15.6. The molecular weight excluding hydrogens is 340 g/mol. The van der Waals surface area contributed by atoms with Gasteiger partial charge < -0.3 is 14.2 Å². The minimum atomic E-state index is -0.789. The number of methoxy groups -OCH3 is 3. The number of carbonyl (C=O) groups is 3. The molecule has 0 unspecified atom stereocenters. The Bertz CT molecular complexity index is 792. The fourth-order valence-electron chi connectivity index (χ4n) is 2.66. The summed E-state index contributed by atoms with van der Waals surface area (Å²) in [6.45, 7) is 5.11. The van der Waals surface area contributed by atoms with Gasteiger partial charge in [0.15, 0.2) is 11.5 Å². The Balaban J connectivity index is 2.59. The van der Waals surface area contributed by atoms with Gasteiger partial charge in [-0.2, -0.15) is 0 Å². The maximum atomic E-state index is 12.8. The molecule has 1 fully saturated rings. The van der Waals surface area contributed by atoms with Crippen LogP contribution >= 0.6 is 0 Å². The standard InChI is InChI=1S/C18H22N2O6/c1-18(2,3)20-16(22)11(15(21)19-17(20)23)9-10-7-8-12(24-4)14(26-6)13(10)25-5/h7-9H,1-6H3,(H,19,21,23). The molecule has 1 aliphatic heterocycles. The summed E-state index contributed by atoms with van der Waals surface area (Å²) in [6.07, 6.45) is 1.36. The average molecular weight is 362 g/mol. The lowest BCUT2D eigenvalue weighted by Gasteiger charge is -2.36. The number of ether oxygens (including phenoxy) is 3. The number of amides is 4. The van der Waals surface area contributed by atoms with Crippen LogP contribution in [0.3, 0.4) is 0 Å². The number of imide groups is 2. The lowest BCUT2D eigenvalue weighted by Crippen LogP contribution is -2.60. The first-order valence-corrected chi connectivity index (χ1v) is 7.86. The van der Waals surface area contributed by atoms with Gasteiger partial charge >= 0.3 is 6.03 Å². The fraction of sp³-hybridized carbons (Fsp3) is 0.389. The van der Waals surface area contributed by atoms with E-state index in [4.69, 9.17) is 14.2 Å². The van der Waals surface area contributed by atoms with Gasteiger partial charge in [-0.25, -0.2) is 4.79 Å². The SMILES string of the molecule is COc1ccc(C=C2C(=O)NC(=O)N(C(C)(C)C)C2=O)c(OC)c1OC. The highest BCUT2D eigenvalue weighted by atomic mass is 16.5. The third kappa shape index (κ3) is 3.35. The van der Waals surface area contributed by atoms with Crippen LogP contribution < -0.4 is 19.5 Å². The van der Waals surface area contributed by atoms with Crippen LogP contribution in [0.4, 0.5) is 4.79 Å². The number of urea groups is 1. The Hall–Kier alpha value is -3.03. The van der Waals surface area contributed by atoms with Crippen molar-refractivity contribution in [1.29, 1.82) is 0 Å². The van der Waals surface area contributed by atoms with Crippen LogP contribution in [-0.4, -0.2) is 49.6 Å². The summed E-state index contributed by atoms with van der Waals surface area (Å²) < 4.78 is 15.9. The van der Waals surface area contributed by atoms with Crippen LogP contribution in [0, 0.1) is 0 Å². The number of hydrogen-bond donors (Lipinski definition) is 1. The Labute approximate surface area is 151 Å². The molecular formula is C18H22N2O6. The molecule has 4 amide bonds. The number of nitrogens with one attached hydrogen (secondary N) is 1. The van der Waals surface area contributed by atoms with E-state index in [1.807, 2.05) is 0 Å². The molecule has 0 aliphatic carbocycles. The van der Waals surface area contributed by atoms with Gasteiger partial charge in [0.1, 0.15) is 5.57 Å². The molecule has 1 aromatic rings. The summed E-state index contributed by atoms with van der Waals surface area (Å²) in [4.78, 5) is 38.0. The second kappa shape index (κ2) is 7.07. The molecule has 8 nitrogen and oxygen atoms in total. The maximum absolute atomic E-state index is 12.8. The Morgan fingerprint density at radius 3 is 2.08 bits per heavy atom.